The maximum absolute atomic E-state index is 11.7. The van der Waals surface area contributed by atoms with Crippen LogP contribution in [0.4, 0.5) is 4.79 Å². The number of rotatable bonds is 3. The monoisotopic (exact) mass is 377 g/mol. The molecule has 0 unspecified atom stereocenters. The maximum atomic E-state index is 11.7. The van der Waals surface area contributed by atoms with Crippen molar-refractivity contribution in [2.45, 2.75) is 44.2 Å². The van der Waals surface area contributed by atoms with E-state index < -0.39 is 21.5 Å². The first-order chi connectivity index (χ1) is 9.40. The molecule has 0 aliphatic rings. The summed E-state index contributed by atoms with van der Waals surface area (Å²) >= 11 is 3.33. The molecule has 0 spiro atoms. The Hall–Kier alpha value is -1.08. The average molecular weight is 378 g/mol. The van der Waals surface area contributed by atoms with Crippen molar-refractivity contribution in [1.29, 1.82) is 0 Å². The van der Waals surface area contributed by atoms with Crippen LogP contribution in [0.3, 0.4) is 0 Å². The minimum absolute atomic E-state index is 0.225. The van der Waals surface area contributed by atoms with Crippen LogP contribution in [0.25, 0.3) is 0 Å². The lowest BCUT2D eigenvalue weighted by atomic mass is 10.1. The lowest BCUT2D eigenvalue weighted by Crippen LogP contribution is -2.34. The summed E-state index contributed by atoms with van der Waals surface area (Å²) in [5.41, 5.74) is 0.203. The Morgan fingerprint density at radius 3 is 2.33 bits per heavy atom. The van der Waals surface area contributed by atoms with E-state index in [1.807, 2.05) is 0 Å². The number of carbonyl (C=O) groups excluding carboxylic acids is 1. The lowest BCUT2D eigenvalue weighted by Gasteiger charge is -2.22. The molecule has 0 fully saturated rings. The first-order valence-electron chi connectivity index (χ1n) is 6.39. The van der Waals surface area contributed by atoms with Crippen molar-refractivity contribution in [2.75, 3.05) is 6.26 Å². The number of hydrogen-bond acceptors (Lipinski definition) is 4. The van der Waals surface area contributed by atoms with E-state index in [1.54, 1.807) is 33.8 Å². The number of hydrogen-bond donors (Lipinski definition) is 1. The number of nitrogens with one attached hydrogen (secondary N) is 1. The molecule has 118 valence electrons. The van der Waals surface area contributed by atoms with E-state index >= 15 is 0 Å². The van der Waals surface area contributed by atoms with E-state index in [2.05, 4.69) is 21.2 Å². The van der Waals surface area contributed by atoms with Crippen molar-refractivity contribution in [1.82, 2.24) is 5.32 Å². The second kappa shape index (κ2) is 6.36. The Balaban J connectivity index is 2.89. The Kier molecular flexibility index (Phi) is 5.44. The van der Waals surface area contributed by atoms with Crippen molar-refractivity contribution < 1.29 is 17.9 Å². The number of halogens is 1. The summed E-state index contributed by atoms with van der Waals surface area (Å²) in [6, 6.07) is 4.39. The predicted molar refractivity (Wildman–Crippen MR) is 85.0 cm³/mol. The van der Waals surface area contributed by atoms with Gasteiger partial charge in [0.05, 0.1) is 10.9 Å². The van der Waals surface area contributed by atoms with Gasteiger partial charge in [-0.2, -0.15) is 0 Å². The minimum atomic E-state index is -3.26. The molecule has 1 aromatic carbocycles. The van der Waals surface area contributed by atoms with Gasteiger partial charge >= 0.3 is 6.09 Å². The van der Waals surface area contributed by atoms with E-state index in [1.165, 1.54) is 12.1 Å². The van der Waals surface area contributed by atoms with Crippen LogP contribution in [0.5, 0.6) is 0 Å². The van der Waals surface area contributed by atoms with Crippen LogP contribution in [0.1, 0.15) is 39.3 Å². The van der Waals surface area contributed by atoms with Crippen molar-refractivity contribution >= 4 is 31.9 Å². The van der Waals surface area contributed by atoms with Crippen LogP contribution in [0.15, 0.2) is 27.6 Å². The molecule has 0 aliphatic heterocycles. The normalized spacial score (nSPS) is 13.6. The van der Waals surface area contributed by atoms with Gasteiger partial charge in [-0.3, -0.25) is 0 Å². The Morgan fingerprint density at radius 1 is 1.33 bits per heavy atom. The van der Waals surface area contributed by atoms with Crippen molar-refractivity contribution in [3.05, 3.63) is 28.2 Å². The highest BCUT2D eigenvalue weighted by Crippen LogP contribution is 2.26. The number of benzene rings is 1. The quantitative estimate of drug-likeness (QED) is 0.875. The highest BCUT2D eigenvalue weighted by molar-refractivity contribution is 9.10. The van der Waals surface area contributed by atoms with E-state index in [-0.39, 0.29) is 10.9 Å². The summed E-state index contributed by atoms with van der Waals surface area (Å²) in [4.78, 5) is 12.0. The Labute approximate surface area is 134 Å². The minimum Gasteiger partial charge on any atom is -0.444 e. The molecule has 0 aliphatic carbocycles. The summed E-state index contributed by atoms with van der Waals surface area (Å²) < 4.78 is 28.8. The van der Waals surface area contributed by atoms with Gasteiger partial charge in [-0.15, -0.1) is 0 Å². The molecule has 1 aromatic rings. The SMILES string of the molecule is C[C@H](NC(=O)OC(C)(C)C)c1ccc(S(C)(=O)=O)cc1Br. The Morgan fingerprint density at radius 2 is 1.90 bits per heavy atom. The van der Waals surface area contributed by atoms with Crippen LogP contribution < -0.4 is 5.32 Å². The molecule has 0 saturated carbocycles. The van der Waals surface area contributed by atoms with Gasteiger partial charge in [-0.05, 0) is 45.4 Å². The number of amides is 1. The van der Waals surface area contributed by atoms with Crippen LogP contribution in [0.2, 0.25) is 0 Å². The molecule has 0 aromatic heterocycles. The standard InChI is InChI=1S/C14H20BrNO4S/c1-9(16-13(17)20-14(2,3)4)11-7-6-10(8-12(11)15)21(5,18)19/h6-9H,1-5H3,(H,16,17)/t9-/m0/s1. The molecule has 1 atom stereocenters. The second-order valence-corrected chi connectivity index (χ2v) is 8.69. The first-order valence-corrected chi connectivity index (χ1v) is 9.07. The number of sulfone groups is 1. The molecule has 0 radical (unpaired) electrons. The lowest BCUT2D eigenvalue weighted by molar-refractivity contribution is 0.0507. The number of carbonyl (C=O) groups is 1. The fraction of sp³-hybridized carbons (Fsp3) is 0.500. The van der Waals surface area contributed by atoms with Gasteiger partial charge in [0.25, 0.3) is 0 Å². The number of alkyl carbamates (subject to hydrolysis) is 1. The van der Waals surface area contributed by atoms with E-state index in [0.29, 0.717) is 4.47 Å². The molecular weight excluding hydrogens is 358 g/mol. The third-order valence-electron chi connectivity index (χ3n) is 2.60. The summed E-state index contributed by atoms with van der Waals surface area (Å²) in [5.74, 6) is 0. The summed E-state index contributed by atoms with van der Waals surface area (Å²) in [6.45, 7) is 7.15. The zero-order valence-electron chi connectivity index (χ0n) is 12.7. The largest absolute Gasteiger partial charge is 0.444 e. The van der Waals surface area contributed by atoms with E-state index in [9.17, 15) is 13.2 Å². The summed E-state index contributed by atoms with van der Waals surface area (Å²) in [7, 11) is -3.26. The zero-order chi connectivity index (χ0) is 16.4. The van der Waals surface area contributed by atoms with Gasteiger partial charge in [-0.1, -0.05) is 22.0 Å². The van der Waals surface area contributed by atoms with Gasteiger partial charge in [-0.25, -0.2) is 13.2 Å². The Bertz CT molecular complexity index is 635. The molecular formula is C14H20BrNO4S. The van der Waals surface area contributed by atoms with Crippen molar-refractivity contribution in [3.63, 3.8) is 0 Å². The van der Waals surface area contributed by atoms with Crippen molar-refractivity contribution in [3.8, 4) is 0 Å². The topological polar surface area (TPSA) is 72.5 Å². The fourth-order valence-electron chi connectivity index (χ4n) is 1.65. The van der Waals surface area contributed by atoms with Crippen LogP contribution in [-0.2, 0) is 14.6 Å². The molecule has 21 heavy (non-hydrogen) atoms. The maximum Gasteiger partial charge on any atom is 0.408 e. The highest BCUT2D eigenvalue weighted by atomic mass is 79.9. The second-order valence-electron chi connectivity index (χ2n) is 5.82. The molecule has 1 rings (SSSR count). The zero-order valence-corrected chi connectivity index (χ0v) is 15.1. The molecule has 0 heterocycles. The third kappa shape index (κ3) is 5.67. The molecule has 5 nitrogen and oxygen atoms in total. The van der Waals surface area contributed by atoms with E-state index in [4.69, 9.17) is 4.74 Å². The number of ether oxygens (including phenoxy) is 1. The van der Waals surface area contributed by atoms with Gasteiger partial charge in [0.15, 0.2) is 9.84 Å². The molecule has 1 amide bonds. The van der Waals surface area contributed by atoms with Gasteiger partial charge in [0.2, 0.25) is 0 Å². The summed E-state index contributed by atoms with van der Waals surface area (Å²) in [5, 5.41) is 2.71. The smallest absolute Gasteiger partial charge is 0.408 e. The van der Waals surface area contributed by atoms with Gasteiger partial charge < -0.3 is 10.1 Å². The van der Waals surface area contributed by atoms with Crippen LogP contribution >= 0.6 is 15.9 Å². The average Bonchev–Trinajstić information content (AvgIpc) is 2.24. The molecule has 0 bridgehead atoms. The molecule has 0 saturated heterocycles. The van der Waals surface area contributed by atoms with Crippen LogP contribution in [0, 0.1) is 0 Å². The van der Waals surface area contributed by atoms with E-state index in [0.717, 1.165) is 11.8 Å². The summed E-state index contributed by atoms with van der Waals surface area (Å²) in [6.07, 6.45) is 0.630. The predicted octanol–water partition coefficient (Wildman–Crippen LogP) is 3.44. The van der Waals surface area contributed by atoms with Crippen molar-refractivity contribution in [2.24, 2.45) is 0 Å². The highest BCUT2D eigenvalue weighted by Gasteiger charge is 2.20. The fourth-order valence-corrected chi connectivity index (χ4v) is 3.17. The van der Waals surface area contributed by atoms with Gasteiger partial charge in [0.1, 0.15) is 5.60 Å². The molecule has 7 heteroatoms. The third-order valence-corrected chi connectivity index (χ3v) is 4.40. The van der Waals surface area contributed by atoms with Gasteiger partial charge in [0, 0.05) is 10.7 Å². The first kappa shape index (κ1) is 18.0. The molecule has 1 N–H and O–H groups in total. The van der Waals surface area contributed by atoms with Crippen LogP contribution in [-0.4, -0.2) is 26.4 Å².